The molecule has 0 N–H and O–H groups in total. The summed E-state index contributed by atoms with van der Waals surface area (Å²) in [4.78, 5) is 29.8. The van der Waals surface area contributed by atoms with E-state index in [1.165, 1.54) is 17.0 Å². The van der Waals surface area contributed by atoms with Gasteiger partial charge in [0.15, 0.2) is 0 Å². The molecule has 0 saturated carbocycles. The fourth-order valence-electron chi connectivity index (χ4n) is 1.92. The second-order valence-electron chi connectivity index (χ2n) is 4.12. The van der Waals surface area contributed by atoms with Gasteiger partial charge >= 0.3 is 0 Å². The molecule has 2 rings (SSSR count). The molecule has 1 aromatic heterocycles. The number of carbonyl (C=O) groups is 1. The smallest absolute Gasteiger partial charge is 0.287 e. The Kier molecular flexibility index (Phi) is 3.58. The van der Waals surface area contributed by atoms with E-state index in [4.69, 9.17) is 5.53 Å². The van der Waals surface area contributed by atoms with Gasteiger partial charge in [0.25, 0.3) is 5.69 Å². The first-order chi connectivity index (χ1) is 9.11. The number of rotatable bonds is 4. The average molecular weight is 262 g/mol. The molecule has 2 heterocycles. The first-order valence-corrected chi connectivity index (χ1v) is 5.53. The number of hydrogen-bond donors (Lipinski definition) is 0. The third kappa shape index (κ3) is 2.78. The zero-order valence-electron chi connectivity index (χ0n) is 9.84. The highest BCUT2D eigenvalue weighted by Gasteiger charge is 2.30. The second kappa shape index (κ2) is 5.32. The summed E-state index contributed by atoms with van der Waals surface area (Å²) < 4.78 is 0. The minimum atomic E-state index is -0.549. The van der Waals surface area contributed by atoms with E-state index in [1.54, 1.807) is 0 Å². The molecule has 0 aliphatic carbocycles. The van der Waals surface area contributed by atoms with Gasteiger partial charge in [0, 0.05) is 30.5 Å². The van der Waals surface area contributed by atoms with Crippen molar-refractivity contribution in [1.29, 1.82) is 0 Å². The van der Waals surface area contributed by atoms with Crippen molar-refractivity contribution in [2.24, 2.45) is 11.0 Å². The Morgan fingerprint density at radius 3 is 3.00 bits per heavy atom. The van der Waals surface area contributed by atoms with Gasteiger partial charge in [0.1, 0.15) is 12.0 Å². The largest absolute Gasteiger partial charge is 0.297 e. The number of carbonyl (C=O) groups excluding carboxylic acids is 1. The quantitative estimate of drug-likeness (QED) is 0.269. The predicted octanol–water partition coefficient (Wildman–Crippen LogP) is 1.65. The van der Waals surface area contributed by atoms with Crippen molar-refractivity contribution in [3.63, 3.8) is 0 Å². The maximum absolute atomic E-state index is 11.8. The normalized spacial score (nSPS) is 18.2. The van der Waals surface area contributed by atoms with Gasteiger partial charge in [0.2, 0.25) is 5.91 Å². The van der Waals surface area contributed by atoms with Crippen LogP contribution in [0.15, 0.2) is 23.4 Å². The first-order valence-electron chi connectivity index (χ1n) is 5.53. The SMILES string of the molecule is [N-]=[N+]=NCC1CC(=O)N(c2ccc([N+](=O)[O-])cn2)C1. The highest BCUT2D eigenvalue weighted by Crippen LogP contribution is 2.24. The van der Waals surface area contributed by atoms with Gasteiger partial charge in [-0.1, -0.05) is 5.11 Å². The van der Waals surface area contributed by atoms with Crippen molar-refractivity contribution in [1.82, 2.24) is 4.98 Å². The maximum atomic E-state index is 11.8. The van der Waals surface area contributed by atoms with Gasteiger partial charge in [-0.2, -0.15) is 0 Å². The summed E-state index contributed by atoms with van der Waals surface area (Å²) in [6.45, 7) is 0.661. The number of azide groups is 1. The molecule has 1 unspecified atom stereocenters. The summed E-state index contributed by atoms with van der Waals surface area (Å²) in [5.74, 6) is 0.207. The maximum Gasteiger partial charge on any atom is 0.287 e. The average Bonchev–Trinajstić information content (AvgIpc) is 2.77. The Balaban J connectivity index is 2.11. The van der Waals surface area contributed by atoms with Gasteiger partial charge in [-0.05, 0) is 17.5 Å². The number of amides is 1. The number of anilines is 1. The van der Waals surface area contributed by atoms with E-state index in [2.05, 4.69) is 15.0 Å². The van der Waals surface area contributed by atoms with E-state index < -0.39 is 4.92 Å². The van der Waals surface area contributed by atoms with E-state index in [0.717, 1.165) is 6.20 Å². The van der Waals surface area contributed by atoms with Gasteiger partial charge in [-0.25, -0.2) is 4.98 Å². The molecule has 19 heavy (non-hydrogen) atoms. The van der Waals surface area contributed by atoms with Crippen molar-refractivity contribution in [3.8, 4) is 0 Å². The number of nitro groups is 1. The van der Waals surface area contributed by atoms with Gasteiger partial charge < -0.3 is 0 Å². The van der Waals surface area contributed by atoms with E-state index in [-0.39, 0.29) is 30.5 Å². The molecule has 1 amide bonds. The lowest BCUT2D eigenvalue weighted by Gasteiger charge is -2.14. The molecular weight excluding hydrogens is 252 g/mol. The summed E-state index contributed by atoms with van der Waals surface area (Å²) in [5.41, 5.74) is 8.12. The van der Waals surface area contributed by atoms with Gasteiger partial charge in [-0.3, -0.25) is 19.8 Å². The highest BCUT2D eigenvalue weighted by atomic mass is 16.6. The molecule has 0 aromatic carbocycles. The fourth-order valence-corrected chi connectivity index (χ4v) is 1.92. The van der Waals surface area contributed by atoms with Crippen LogP contribution in [-0.4, -0.2) is 28.9 Å². The van der Waals surface area contributed by atoms with Crippen LogP contribution in [0.4, 0.5) is 11.5 Å². The molecule has 0 bridgehead atoms. The van der Waals surface area contributed by atoms with Gasteiger partial charge in [0.05, 0.1) is 4.92 Å². The van der Waals surface area contributed by atoms with Crippen LogP contribution in [0.3, 0.4) is 0 Å². The number of hydrogen-bond acceptors (Lipinski definition) is 5. The molecule has 1 aromatic rings. The molecule has 1 aliphatic rings. The van der Waals surface area contributed by atoms with Crippen molar-refractivity contribution < 1.29 is 9.72 Å². The Morgan fingerprint density at radius 2 is 2.42 bits per heavy atom. The predicted molar refractivity (Wildman–Crippen MR) is 65.4 cm³/mol. The topological polar surface area (TPSA) is 125 Å². The van der Waals surface area contributed by atoms with Crippen LogP contribution >= 0.6 is 0 Å². The number of aromatic nitrogens is 1. The van der Waals surface area contributed by atoms with Crippen LogP contribution in [0, 0.1) is 16.0 Å². The molecule has 9 nitrogen and oxygen atoms in total. The summed E-state index contributed by atoms with van der Waals surface area (Å²) in [5, 5.41) is 14.0. The molecule has 1 fully saturated rings. The van der Waals surface area contributed by atoms with Crippen LogP contribution in [0.5, 0.6) is 0 Å². The minimum Gasteiger partial charge on any atom is -0.297 e. The lowest BCUT2D eigenvalue weighted by Crippen LogP contribution is -2.25. The third-order valence-corrected chi connectivity index (χ3v) is 2.83. The Morgan fingerprint density at radius 1 is 1.63 bits per heavy atom. The Hall–Kier alpha value is -2.67. The fraction of sp³-hybridized carbons (Fsp3) is 0.400. The second-order valence-corrected chi connectivity index (χ2v) is 4.12. The van der Waals surface area contributed by atoms with E-state index in [9.17, 15) is 14.9 Å². The van der Waals surface area contributed by atoms with Crippen LogP contribution in [0.25, 0.3) is 10.4 Å². The van der Waals surface area contributed by atoms with E-state index >= 15 is 0 Å². The van der Waals surface area contributed by atoms with Gasteiger partial charge in [-0.15, -0.1) is 0 Å². The Labute approximate surface area is 107 Å². The zero-order chi connectivity index (χ0) is 13.8. The summed E-state index contributed by atoms with van der Waals surface area (Å²) in [6, 6.07) is 2.74. The standard InChI is InChI=1S/C10H10N6O3/c11-14-13-4-7-3-10(17)15(6-7)9-2-1-8(5-12-9)16(18)19/h1-2,5,7H,3-4,6H2. The molecule has 1 atom stereocenters. The van der Waals surface area contributed by atoms with Crippen molar-refractivity contribution in [3.05, 3.63) is 38.9 Å². The summed E-state index contributed by atoms with van der Waals surface area (Å²) in [6.07, 6.45) is 1.40. The third-order valence-electron chi connectivity index (χ3n) is 2.83. The molecule has 1 aliphatic heterocycles. The van der Waals surface area contributed by atoms with E-state index in [0.29, 0.717) is 12.4 Å². The summed E-state index contributed by atoms with van der Waals surface area (Å²) in [7, 11) is 0. The monoisotopic (exact) mass is 262 g/mol. The van der Waals surface area contributed by atoms with Crippen LogP contribution in [-0.2, 0) is 4.79 Å². The van der Waals surface area contributed by atoms with Crippen molar-refractivity contribution in [2.45, 2.75) is 6.42 Å². The Bertz CT molecular complexity index is 551. The molecule has 98 valence electrons. The van der Waals surface area contributed by atoms with Crippen LogP contribution in [0.2, 0.25) is 0 Å². The highest BCUT2D eigenvalue weighted by molar-refractivity contribution is 5.94. The molecule has 0 spiro atoms. The number of nitrogens with zero attached hydrogens (tertiary/aromatic N) is 6. The molecule has 1 saturated heterocycles. The lowest BCUT2D eigenvalue weighted by molar-refractivity contribution is -0.385. The molecular formula is C10H10N6O3. The molecule has 9 heteroatoms. The minimum absolute atomic E-state index is 0.0413. The van der Waals surface area contributed by atoms with Crippen molar-refractivity contribution in [2.75, 3.05) is 18.0 Å². The van der Waals surface area contributed by atoms with Crippen LogP contribution < -0.4 is 4.90 Å². The molecule has 0 radical (unpaired) electrons. The zero-order valence-corrected chi connectivity index (χ0v) is 9.84. The van der Waals surface area contributed by atoms with E-state index in [1.807, 2.05) is 0 Å². The first kappa shape index (κ1) is 12.8. The lowest BCUT2D eigenvalue weighted by atomic mass is 10.1. The summed E-state index contributed by atoms with van der Waals surface area (Å²) >= 11 is 0. The van der Waals surface area contributed by atoms with Crippen molar-refractivity contribution >= 4 is 17.4 Å². The number of pyridine rings is 1. The van der Waals surface area contributed by atoms with Crippen LogP contribution in [0.1, 0.15) is 6.42 Å².